The molecule has 2 aromatic rings. The molecule has 6 nitrogen and oxygen atoms in total. The Morgan fingerprint density at radius 3 is 2.71 bits per heavy atom. The highest BCUT2D eigenvalue weighted by molar-refractivity contribution is 5.96. The molecule has 0 fully saturated rings. The van der Waals surface area contributed by atoms with Crippen LogP contribution in [0.15, 0.2) is 47.1 Å². The topological polar surface area (TPSA) is 83.4 Å². The van der Waals surface area contributed by atoms with Crippen LogP contribution in [-0.4, -0.2) is 18.5 Å². The molecule has 0 saturated carbocycles. The largest absolute Gasteiger partial charge is 0.467 e. The Morgan fingerprint density at radius 1 is 1.14 bits per heavy atom. The molecule has 0 atom stereocenters. The molecule has 0 aliphatic heterocycles. The van der Waals surface area contributed by atoms with Gasteiger partial charge in [-0.1, -0.05) is 6.07 Å². The van der Waals surface area contributed by atoms with E-state index in [0.29, 0.717) is 30.1 Å². The summed E-state index contributed by atoms with van der Waals surface area (Å²) < 4.78 is 5.12. The van der Waals surface area contributed by atoms with Crippen LogP contribution in [0.4, 0.5) is 10.5 Å². The van der Waals surface area contributed by atoms with Crippen molar-refractivity contribution in [2.75, 3.05) is 11.9 Å². The van der Waals surface area contributed by atoms with Crippen LogP contribution >= 0.6 is 0 Å². The molecular weight excluding hydrogens is 270 g/mol. The molecule has 0 aliphatic carbocycles. The van der Waals surface area contributed by atoms with Crippen LogP contribution in [0, 0.1) is 0 Å². The molecule has 110 valence electrons. The second-order valence-electron chi connectivity index (χ2n) is 4.33. The monoisotopic (exact) mass is 287 g/mol. The van der Waals surface area contributed by atoms with E-state index < -0.39 is 0 Å². The summed E-state index contributed by atoms with van der Waals surface area (Å²) in [6, 6.07) is 9.91. The van der Waals surface area contributed by atoms with Crippen molar-refractivity contribution >= 4 is 17.6 Å². The maximum atomic E-state index is 11.8. The zero-order valence-corrected chi connectivity index (χ0v) is 11.7. The quantitative estimate of drug-likeness (QED) is 0.789. The lowest BCUT2D eigenvalue weighted by molar-refractivity contribution is 0.0956. The summed E-state index contributed by atoms with van der Waals surface area (Å²) in [5.41, 5.74) is 1.05. The highest BCUT2D eigenvalue weighted by Gasteiger charge is 2.07. The molecule has 6 heteroatoms. The van der Waals surface area contributed by atoms with E-state index in [4.69, 9.17) is 4.42 Å². The predicted molar refractivity (Wildman–Crippen MR) is 79.0 cm³/mol. The minimum Gasteiger partial charge on any atom is -0.467 e. The van der Waals surface area contributed by atoms with Gasteiger partial charge in [0.25, 0.3) is 5.91 Å². The summed E-state index contributed by atoms with van der Waals surface area (Å²) in [5, 5.41) is 8.04. The number of hydrogen-bond acceptors (Lipinski definition) is 3. The molecule has 0 aliphatic rings. The van der Waals surface area contributed by atoms with Crippen molar-refractivity contribution in [1.82, 2.24) is 10.6 Å². The van der Waals surface area contributed by atoms with Crippen molar-refractivity contribution < 1.29 is 14.0 Å². The highest BCUT2D eigenvalue weighted by atomic mass is 16.3. The molecule has 2 rings (SSSR count). The normalized spacial score (nSPS) is 9.95. The van der Waals surface area contributed by atoms with Crippen LogP contribution in [0.5, 0.6) is 0 Å². The summed E-state index contributed by atoms with van der Waals surface area (Å²) >= 11 is 0. The first kappa shape index (κ1) is 14.6. The summed E-state index contributed by atoms with van der Waals surface area (Å²) in [7, 11) is 0. The van der Waals surface area contributed by atoms with Gasteiger partial charge in [-0.3, -0.25) is 4.79 Å². The Bertz CT molecular complexity index is 608. The van der Waals surface area contributed by atoms with Crippen molar-refractivity contribution in [1.29, 1.82) is 0 Å². The molecule has 1 heterocycles. The van der Waals surface area contributed by atoms with Gasteiger partial charge in [0.15, 0.2) is 0 Å². The molecule has 0 unspecified atom stereocenters. The Labute approximate surface area is 122 Å². The number of urea groups is 1. The van der Waals surface area contributed by atoms with E-state index in [-0.39, 0.29) is 11.9 Å². The molecule has 0 saturated heterocycles. The standard InChI is InChI=1S/C15H17N3O3/c1-2-16-14(19)11-5-3-6-12(9-11)18-15(20)17-10-13-7-4-8-21-13/h3-9H,2,10H2,1H3,(H,16,19)(H2,17,18,20). The first-order valence-electron chi connectivity index (χ1n) is 6.64. The average Bonchev–Trinajstić information content (AvgIpc) is 2.99. The van der Waals surface area contributed by atoms with E-state index >= 15 is 0 Å². The number of rotatable bonds is 5. The Kier molecular flexibility index (Phi) is 4.98. The van der Waals surface area contributed by atoms with Gasteiger partial charge in [-0.2, -0.15) is 0 Å². The van der Waals surface area contributed by atoms with E-state index in [2.05, 4.69) is 16.0 Å². The fourth-order valence-corrected chi connectivity index (χ4v) is 1.76. The third-order valence-electron chi connectivity index (χ3n) is 2.72. The zero-order valence-electron chi connectivity index (χ0n) is 11.7. The molecule has 0 bridgehead atoms. The first-order chi connectivity index (χ1) is 10.2. The number of carbonyl (C=O) groups is 2. The van der Waals surface area contributed by atoms with E-state index in [1.165, 1.54) is 0 Å². The number of carbonyl (C=O) groups excluding carboxylic acids is 2. The lowest BCUT2D eigenvalue weighted by Gasteiger charge is -2.08. The maximum absolute atomic E-state index is 11.8. The van der Waals surface area contributed by atoms with E-state index in [1.807, 2.05) is 6.92 Å². The van der Waals surface area contributed by atoms with E-state index in [9.17, 15) is 9.59 Å². The fraction of sp³-hybridized carbons (Fsp3) is 0.200. The smallest absolute Gasteiger partial charge is 0.319 e. The van der Waals surface area contributed by atoms with Gasteiger partial charge in [-0.25, -0.2) is 4.79 Å². The van der Waals surface area contributed by atoms with Crippen LogP contribution in [0.3, 0.4) is 0 Å². The van der Waals surface area contributed by atoms with Gasteiger partial charge in [0.05, 0.1) is 12.8 Å². The van der Waals surface area contributed by atoms with Crippen LogP contribution in [-0.2, 0) is 6.54 Å². The number of amides is 3. The number of furan rings is 1. The second-order valence-corrected chi connectivity index (χ2v) is 4.33. The molecule has 1 aromatic carbocycles. The minimum absolute atomic E-state index is 0.169. The van der Waals surface area contributed by atoms with E-state index in [1.54, 1.807) is 42.7 Å². The van der Waals surface area contributed by atoms with Crippen LogP contribution in [0.25, 0.3) is 0 Å². The van der Waals surface area contributed by atoms with Gasteiger partial charge >= 0.3 is 6.03 Å². The second kappa shape index (κ2) is 7.14. The van der Waals surface area contributed by atoms with Crippen molar-refractivity contribution in [2.24, 2.45) is 0 Å². The summed E-state index contributed by atoms with van der Waals surface area (Å²) in [5.74, 6) is 0.498. The van der Waals surface area contributed by atoms with Gasteiger partial charge in [-0.15, -0.1) is 0 Å². The third-order valence-corrected chi connectivity index (χ3v) is 2.72. The number of hydrogen-bond donors (Lipinski definition) is 3. The van der Waals surface area contributed by atoms with Crippen molar-refractivity contribution in [3.05, 3.63) is 54.0 Å². The Balaban J connectivity index is 1.91. The molecule has 3 amide bonds. The molecule has 0 spiro atoms. The van der Waals surface area contributed by atoms with Gasteiger partial charge in [-0.05, 0) is 37.3 Å². The lowest BCUT2D eigenvalue weighted by Crippen LogP contribution is -2.28. The average molecular weight is 287 g/mol. The van der Waals surface area contributed by atoms with Gasteiger partial charge in [0, 0.05) is 17.8 Å². The Morgan fingerprint density at radius 2 is 2.00 bits per heavy atom. The number of nitrogens with one attached hydrogen (secondary N) is 3. The highest BCUT2D eigenvalue weighted by Crippen LogP contribution is 2.10. The molecule has 3 N–H and O–H groups in total. The number of benzene rings is 1. The molecule has 0 radical (unpaired) electrons. The van der Waals surface area contributed by atoms with Crippen LogP contribution in [0.2, 0.25) is 0 Å². The third kappa shape index (κ3) is 4.38. The van der Waals surface area contributed by atoms with Gasteiger partial charge in [0.1, 0.15) is 5.76 Å². The lowest BCUT2D eigenvalue weighted by atomic mass is 10.2. The molecule has 21 heavy (non-hydrogen) atoms. The van der Waals surface area contributed by atoms with Crippen LogP contribution in [0.1, 0.15) is 23.0 Å². The van der Waals surface area contributed by atoms with Crippen LogP contribution < -0.4 is 16.0 Å². The summed E-state index contributed by atoms with van der Waals surface area (Å²) in [6.07, 6.45) is 1.55. The summed E-state index contributed by atoms with van der Waals surface area (Å²) in [4.78, 5) is 23.5. The molecule has 1 aromatic heterocycles. The molecular formula is C15H17N3O3. The van der Waals surface area contributed by atoms with Crippen molar-refractivity contribution in [3.8, 4) is 0 Å². The summed E-state index contributed by atoms with van der Waals surface area (Å²) in [6.45, 7) is 2.71. The minimum atomic E-state index is -0.362. The van der Waals surface area contributed by atoms with E-state index in [0.717, 1.165) is 0 Å². The van der Waals surface area contributed by atoms with Crippen molar-refractivity contribution in [2.45, 2.75) is 13.5 Å². The zero-order chi connectivity index (χ0) is 15.1. The SMILES string of the molecule is CCNC(=O)c1cccc(NC(=O)NCc2ccco2)c1. The van der Waals surface area contributed by atoms with Gasteiger partial charge in [0.2, 0.25) is 0 Å². The number of anilines is 1. The van der Waals surface area contributed by atoms with Gasteiger partial charge < -0.3 is 20.4 Å². The fourth-order valence-electron chi connectivity index (χ4n) is 1.76. The maximum Gasteiger partial charge on any atom is 0.319 e. The first-order valence-corrected chi connectivity index (χ1v) is 6.64. The van der Waals surface area contributed by atoms with Crippen molar-refractivity contribution in [3.63, 3.8) is 0 Å². The Hall–Kier alpha value is -2.76. The predicted octanol–water partition coefficient (Wildman–Crippen LogP) is 2.35.